The first-order chi connectivity index (χ1) is 12.9. The summed E-state index contributed by atoms with van der Waals surface area (Å²) in [7, 11) is 0. The van der Waals surface area contributed by atoms with Gasteiger partial charge in [-0.05, 0) is 49.7 Å². The SMILES string of the molecule is CC(C)NC(=O)NC(=Nc1cccc(Cl)c1)N(C=O)Cc1ccc(F)cc1. The van der Waals surface area contributed by atoms with Crippen LogP contribution in [-0.4, -0.2) is 29.3 Å². The van der Waals surface area contributed by atoms with Crippen LogP contribution in [0.2, 0.25) is 5.02 Å². The van der Waals surface area contributed by atoms with E-state index >= 15 is 0 Å². The number of rotatable bonds is 5. The molecule has 142 valence electrons. The number of urea groups is 1. The van der Waals surface area contributed by atoms with E-state index in [1.54, 1.807) is 36.4 Å². The minimum absolute atomic E-state index is 0.0229. The lowest BCUT2D eigenvalue weighted by Gasteiger charge is -2.21. The molecule has 8 heteroatoms. The van der Waals surface area contributed by atoms with Crippen LogP contribution in [0.3, 0.4) is 0 Å². The van der Waals surface area contributed by atoms with Gasteiger partial charge >= 0.3 is 6.03 Å². The Morgan fingerprint density at radius 1 is 1.26 bits per heavy atom. The fourth-order valence-corrected chi connectivity index (χ4v) is 2.36. The molecule has 0 saturated heterocycles. The molecule has 0 unspecified atom stereocenters. The highest BCUT2D eigenvalue weighted by Crippen LogP contribution is 2.18. The fraction of sp³-hybridized carbons (Fsp3) is 0.211. The van der Waals surface area contributed by atoms with Crippen molar-refractivity contribution in [2.45, 2.75) is 26.4 Å². The van der Waals surface area contributed by atoms with Crippen molar-refractivity contribution < 1.29 is 14.0 Å². The third-order valence-electron chi connectivity index (χ3n) is 3.35. The summed E-state index contributed by atoms with van der Waals surface area (Å²) in [6.45, 7) is 3.72. The van der Waals surface area contributed by atoms with Crippen LogP contribution in [0.4, 0.5) is 14.9 Å². The molecule has 2 aromatic rings. The van der Waals surface area contributed by atoms with Gasteiger partial charge in [-0.1, -0.05) is 29.8 Å². The van der Waals surface area contributed by atoms with Crippen LogP contribution < -0.4 is 10.6 Å². The standard InChI is InChI=1S/C19H20ClFN4O2/c1-13(2)22-19(27)24-18(23-17-5-3-4-15(20)10-17)25(12-26)11-14-6-8-16(21)9-7-14/h3-10,12-13H,11H2,1-2H3,(H2,22,23,24,27). The molecular weight excluding hydrogens is 371 g/mol. The van der Waals surface area contributed by atoms with E-state index in [1.807, 2.05) is 13.8 Å². The van der Waals surface area contributed by atoms with Gasteiger partial charge in [0.25, 0.3) is 0 Å². The summed E-state index contributed by atoms with van der Waals surface area (Å²) in [5.74, 6) is -0.353. The highest BCUT2D eigenvalue weighted by molar-refractivity contribution is 6.30. The van der Waals surface area contributed by atoms with Crippen LogP contribution in [0.5, 0.6) is 0 Å². The zero-order chi connectivity index (χ0) is 19.8. The van der Waals surface area contributed by atoms with Crippen LogP contribution in [0.1, 0.15) is 19.4 Å². The Balaban J connectivity index is 2.31. The highest BCUT2D eigenvalue weighted by Gasteiger charge is 2.15. The number of hydrogen-bond acceptors (Lipinski definition) is 3. The Labute approximate surface area is 162 Å². The molecule has 0 aromatic heterocycles. The second-order valence-electron chi connectivity index (χ2n) is 6.03. The maximum Gasteiger partial charge on any atom is 0.321 e. The first kappa shape index (κ1) is 20.4. The number of benzene rings is 2. The van der Waals surface area contributed by atoms with Gasteiger partial charge in [0.15, 0.2) is 0 Å². The average molecular weight is 391 g/mol. The van der Waals surface area contributed by atoms with Crippen molar-refractivity contribution >= 4 is 35.7 Å². The summed E-state index contributed by atoms with van der Waals surface area (Å²) in [6.07, 6.45) is 0.544. The maximum absolute atomic E-state index is 13.1. The lowest BCUT2D eigenvalue weighted by molar-refractivity contribution is -0.115. The van der Waals surface area contributed by atoms with Crippen molar-refractivity contribution in [3.05, 3.63) is 64.9 Å². The van der Waals surface area contributed by atoms with Crippen molar-refractivity contribution in [2.24, 2.45) is 4.99 Å². The Bertz CT molecular complexity index is 825. The number of guanidine groups is 1. The lowest BCUT2D eigenvalue weighted by atomic mass is 10.2. The van der Waals surface area contributed by atoms with Gasteiger partial charge in [-0.2, -0.15) is 0 Å². The quantitative estimate of drug-likeness (QED) is 0.462. The Kier molecular flexibility index (Phi) is 7.31. The van der Waals surface area contributed by atoms with Crippen molar-refractivity contribution in [1.82, 2.24) is 15.5 Å². The van der Waals surface area contributed by atoms with Gasteiger partial charge < -0.3 is 5.32 Å². The van der Waals surface area contributed by atoms with Gasteiger partial charge in [-0.25, -0.2) is 14.2 Å². The molecule has 0 aliphatic rings. The van der Waals surface area contributed by atoms with Crippen LogP contribution in [-0.2, 0) is 11.3 Å². The van der Waals surface area contributed by atoms with Crippen molar-refractivity contribution in [1.29, 1.82) is 0 Å². The fourth-order valence-electron chi connectivity index (χ4n) is 2.18. The van der Waals surface area contributed by atoms with Crippen molar-refractivity contribution in [3.63, 3.8) is 0 Å². The van der Waals surface area contributed by atoms with Gasteiger partial charge in [0.2, 0.25) is 12.4 Å². The van der Waals surface area contributed by atoms with E-state index in [4.69, 9.17) is 11.6 Å². The number of amides is 3. The van der Waals surface area contributed by atoms with Crippen LogP contribution >= 0.6 is 11.6 Å². The summed E-state index contributed by atoms with van der Waals surface area (Å²) < 4.78 is 13.1. The first-order valence-corrected chi connectivity index (χ1v) is 8.63. The Hall–Kier alpha value is -2.93. The number of carbonyl (C=O) groups is 2. The molecule has 0 spiro atoms. The molecular formula is C19H20ClFN4O2. The predicted molar refractivity (Wildman–Crippen MR) is 103 cm³/mol. The normalized spacial score (nSPS) is 11.2. The number of nitrogens with zero attached hydrogens (tertiary/aromatic N) is 2. The molecule has 27 heavy (non-hydrogen) atoms. The van der Waals surface area contributed by atoms with E-state index in [9.17, 15) is 14.0 Å². The molecule has 0 fully saturated rings. The van der Waals surface area contributed by atoms with Gasteiger partial charge in [0, 0.05) is 11.1 Å². The second-order valence-corrected chi connectivity index (χ2v) is 6.46. The molecule has 0 aliphatic heterocycles. The van der Waals surface area contributed by atoms with Crippen LogP contribution in [0.25, 0.3) is 0 Å². The van der Waals surface area contributed by atoms with Crippen molar-refractivity contribution in [2.75, 3.05) is 0 Å². The van der Waals surface area contributed by atoms with Gasteiger partial charge in [0.05, 0.1) is 12.2 Å². The number of hydrogen-bond donors (Lipinski definition) is 2. The summed E-state index contributed by atoms with van der Waals surface area (Å²) in [6, 6.07) is 11.8. The maximum atomic E-state index is 13.1. The molecule has 2 N–H and O–H groups in total. The third-order valence-corrected chi connectivity index (χ3v) is 3.59. The number of aliphatic imine (C=N–C) groups is 1. The number of halogens is 2. The zero-order valence-electron chi connectivity index (χ0n) is 14.9. The van der Waals surface area contributed by atoms with Gasteiger partial charge in [0.1, 0.15) is 5.82 Å². The number of carbonyl (C=O) groups excluding carboxylic acids is 2. The molecule has 2 aromatic carbocycles. The van der Waals surface area contributed by atoms with E-state index in [2.05, 4.69) is 15.6 Å². The zero-order valence-corrected chi connectivity index (χ0v) is 15.7. The Morgan fingerprint density at radius 3 is 2.56 bits per heavy atom. The molecule has 0 radical (unpaired) electrons. The van der Waals surface area contributed by atoms with E-state index in [0.29, 0.717) is 22.7 Å². The molecule has 0 atom stereocenters. The molecule has 0 aliphatic carbocycles. The first-order valence-electron chi connectivity index (χ1n) is 8.25. The van der Waals surface area contributed by atoms with E-state index in [0.717, 1.165) is 0 Å². The molecule has 0 saturated carbocycles. The Morgan fingerprint density at radius 2 is 1.96 bits per heavy atom. The number of nitrogens with one attached hydrogen (secondary N) is 2. The average Bonchev–Trinajstić information content (AvgIpc) is 2.60. The highest BCUT2D eigenvalue weighted by atomic mass is 35.5. The summed E-state index contributed by atoms with van der Waals surface area (Å²) in [5, 5.41) is 5.72. The van der Waals surface area contributed by atoms with Gasteiger partial charge in [-0.3, -0.25) is 15.0 Å². The van der Waals surface area contributed by atoms with E-state index in [1.165, 1.54) is 17.0 Å². The summed E-state index contributed by atoms with van der Waals surface area (Å²) in [5.41, 5.74) is 1.14. The van der Waals surface area contributed by atoms with Crippen LogP contribution in [0, 0.1) is 5.82 Å². The van der Waals surface area contributed by atoms with Gasteiger partial charge in [-0.15, -0.1) is 0 Å². The third kappa shape index (κ3) is 6.71. The lowest BCUT2D eigenvalue weighted by Crippen LogP contribution is -2.48. The summed E-state index contributed by atoms with van der Waals surface area (Å²) in [4.78, 5) is 29.3. The molecule has 2 rings (SSSR count). The minimum atomic E-state index is -0.503. The van der Waals surface area contributed by atoms with E-state index in [-0.39, 0.29) is 24.4 Å². The predicted octanol–water partition coefficient (Wildman–Crippen LogP) is 3.83. The largest absolute Gasteiger partial charge is 0.336 e. The molecule has 0 heterocycles. The molecule has 0 bridgehead atoms. The van der Waals surface area contributed by atoms with Crippen molar-refractivity contribution in [3.8, 4) is 0 Å². The monoisotopic (exact) mass is 390 g/mol. The van der Waals surface area contributed by atoms with E-state index < -0.39 is 6.03 Å². The minimum Gasteiger partial charge on any atom is -0.336 e. The smallest absolute Gasteiger partial charge is 0.321 e. The van der Waals surface area contributed by atoms with Crippen LogP contribution in [0.15, 0.2) is 53.5 Å². The molecule has 6 nitrogen and oxygen atoms in total. The topological polar surface area (TPSA) is 73.8 Å². The summed E-state index contributed by atoms with van der Waals surface area (Å²) >= 11 is 5.97. The molecule has 3 amide bonds. The second kappa shape index (κ2) is 9.68.